The molecule has 2 aromatic carbocycles. The second-order valence-electron chi connectivity index (χ2n) is 6.10. The minimum absolute atomic E-state index is 0.0194. The van der Waals surface area contributed by atoms with Crippen LogP contribution in [0.5, 0.6) is 0 Å². The van der Waals surface area contributed by atoms with Gasteiger partial charge in [0.15, 0.2) is 0 Å². The Morgan fingerprint density at radius 2 is 1.74 bits per heavy atom. The Morgan fingerprint density at radius 1 is 1.07 bits per heavy atom. The van der Waals surface area contributed by atoms with Gasteiger partial charge in [0.05, 0.1) is 17.4 Å². The molecule has 7 nitrogen and oxygen atoms in total. The zero-order valence-corrected chi connectivity index (χ0v) is 16.3. The molecular weight excluding hydrogens is 366 g/mol. The fourth-order valence-corrected chi connectivity index (χ4v) is 3.65. The molecule has 2 amide bonds. The van der Waals surface area contributed by atoms with Gasteiger partial charge in [0.1, 0.15) is 0 Å². The maximum absolute atomic E-state index is 12.5. The summed E-state index contributed by atoms with van der Waals surface area (Å²) in [7, 11) is -2.30. The van der Waals surface area contributed by atoms with E-state index in [2.05, 4.69) is 15.4 Å². The first-order valence-corrected chi connectivity index (χ1v) is 9.87. The first-order valence-electron chi connectivity index (χ1n) is 8.39. The molecule has 0 spiro atoms. The number of rotatable bonds is 7. The van der Waals surface area contributed by atoms with Crippen molar-refractivity contribution in [3.8, 4) is 0 Å². The summed E-state index contributed by atoms with van der Waals surface area (Å²) in [5.74, 6) is -0.580. The van der Waals surface area contributed by atoms with Gasteiger partial charge in [-0.25, -0.2) is 13.1 Å². The average Bonchev–Trinajstić information content (AvgIpc) is 2.63. The summed E-state index contributed by atoms with van der Waals surface area (Å²) in [4.78, 5) is 24.0. The smallest absolute Gasteiger partial charge is 0.240 e. The van der Waals surface area contributed by atoms with Gasteiger partial charge < -0.3 is 10.6 Å². The van der Waals surface area contributed by atoms with Crippen LogP contribution < -0.4 is 15.4 Å². The number of hydrogen-bond acceptors (Lipinski definition) is 4. The van der Waals surface area contributed by atoms with E-state index in [1.807, 2.05) is 30.3 Å². The molecule has 0 aliphatic carbocycles. The van der Waals surface area contributed by atoms with Crippen molar-refractivity contribution >= 4 is 27.5 Å². The SMILES string of the molecule is CNS(=O)(=O)c1cc(NC(=O)C[C@@H](NC(C)=O)c2ccccc2)ccc1C. The van der Waals surface area contributed by atoms with Gasteiger partial charge in [-0.1, -0.05) is 36.4 Å². The van der Waals surface area contributed by atoms with Crippen LogP contribution in [0.4, 0.5) is 5.69 Å². The number of sulfonamides is 1. The van der Waals surface area contributed by atoms with Crippen molar-refractivity contribution in [1.29, 1.82) is 0 Å². The van der Waals surface area contributed by atoms with Gasteiger partial charge in [-0.05, 0) is 37.2 Å². The zero-order chi connectivity index (χ0) is 20.0. The monoisotopic (exact) mass is 389 g/mol. The van der Waals surface area contributed by atoms with Crippen molar-refractivity contribution in [2.45, 2.75) is 31.2 Å². The molecule has 2 rings (SSSR count). The summed E-state index contributed by atoms with van der Waals surface area (Å²) in [6, 6.07) is 13.4. The largest absolute Gasteiger partial charge is 0.349 e. The highest BCUT2D eigenvalue weighted by atomic mass is 32.2. The van der Waals surface area contributed by atoms with Crippen molar-refractivity contribution in [3.05, 3.63) is 59.7 Å². The zero-order valence-electron chi connectivity index (χ0n) is 15.4. The third kappa shape index (κ3) is 5.63. The summed E-state index contributed by atoms with van der Waals surface area (Å²) in [5.41, 5.74) is 1.75. The Hall–Kier alpha value is -2.71. The van der Waals surface area contributed by atoms with E-state index in [-0.39, 0.29) is 23.1 Å². The predicted molar refractivity (Wildman–Crippen MR) is 104 cm³/mol. The number of carbonyl (C=O) groups is 2. The number of carbonyl (C=O) groups excluding carboxylic acids is 2. The predicted octanol–water partition coefficient (Wildman–Crippen LogP) is 2.11. The van der Waals surface area contributed by atoms with Gasteiger partial charge >= 0.3 is 0 Å². The standard InChI is InChI=1S/C19H23N3O4S/c1-13-9-10-16(11-18(13)27(25,26)20-3)22-19(24)12-17(21-14(2)23)15-7-5-4-6-8-15/h4-11,17,20H,12H2,1-3H3,(H,21,23)(H,22,24)/t17-/m1/s1. The van der Waals surface area contributed by atoms with Gasteiger partial charge in [0.25, 0.3) is 0 Å². The molecule has 0 radical (unpaired) electrons. The molecule has 0 aliphatic heterocycles. The van der Waals surface area contributed by atoms with E-state index in [4.69, 9.17) is 0 Å². The van der Waals surface area contributed by atoms with Gasteiger partial charge in [0.2, 0.25) is 21.8 Å². The fourth-order valence-electron chi connectivity index (χ4n) is 2.66. The molecular formula is C19H23N3O4S. The van der Waals surface area contributed by atoms with Crippen LogP contribution in [0.15, 0.2) is 53.4 Å². The Bertz CT molecular complexity index is 927. The number of aryl methyl sites for hydroxylation is 1. The van der Waals surface area contributed by atoms with Crippen molar-refractivity contribution in [2.75, 3.05) is 12.4 Å². The van der Waals surface area contributed by atoms with Crippen LogP contribution in [0.3, 0.4) is 0 Å². The van der Waals surface area contributed by atoms with Gasteiger partial charge in [0, 0.05) is 12.6 Å². The summed E-state index contributed by atoms with van der Waals surface area (Å²) in [6.45, 7) is 3.07. The molecule has 0 unspecified atom stereocenters. The molecule has 0 saturated heterocycles. The Labute approximate surface area is 159 Å². The molecule has 0 aliphatic rings. The molecule has 144 valence electrons. The second kappa shape index (κ2) is 8.79. The molecule has 0 fully saturated rings. The maximum atomic E-state index is 12.5. The highest BCUT2D eigenvalue weighted by Gasteiger charge is 2.19. The van der Waals surface area contributed by atoms with Crippen molar-refractivity contribution in [3.63, 3.8) is 0 Å². The average molecular weight is 389 g/mol. The van der Waals surface area contributed by atoms with E-state index in [0.29, 0.717) is 11.3 Å². The maximum Gasteiger partial charge on any atom is 0.240 e. The molecule has 8 heteroatoms. The number of nitrogens with one attached hydrogen (secondary N) is 3. The molecule has 0 aromatic heterocycles. The summed E-state index contributed by atoms with van der Waals surface area (Å²) < 4.78 is 26.4. The van der Waals surface area contributed by atoms with Crippen molar-refractivity contribution < 1.29 is 18.0 Å². The molecule has 0 saturated carbocycles. The Morgan fingerprint density at radius 3 is 2.33 bits per heavy atom. The van der Waals surface area contributed by atoms with Crippen LogP contribution in [-0.2, 0) is 19.6 Å². The highest BCUT2D eigenvalue weighted by molar-refractivity contribution is 7.89. The lowest BCUT2D eigenvalue weighted by Crippen LogP contribution is -2.29. The van der Waals surface area contributed by atoms with E-state index in [1.165, 1.54) is 20.0 Å². The number of benzene rings is 2. The van der Waals surface area contributed by atoms with Crippen molar-refractivity contribution in [2.24, 2.45) is 0 Å². The summed E-state index contributed by atoms with van der Waals surface area (Å²) in [6.07, 6.45) is 0.0194. The van der Waals surface area contributed by atoms with Crippen LogP contribution in [0.1, 0.15) is 30.5 Å². The minimum atomic E-state index is -3.63. The van der Waals surface area contributed by atoms with Gasteiger partial charge in [-0.15, -0.1) is 0 Å². The van der Waals surface area contributed by atoms with E-state index < -0.39 is 16.1 Å². The quantitative estimate of drug-likeness (QED) is 0.674. The minimum Gasteiger partial charge on any atom is -0.349 e. The second-order valence-corrected chi connectivity index (χ2v) is 7.96. The van der Waals surface area contributed by atoms with Crippen LogP contribution in [-0.4, -0.2) is 27.3 Å². The first-order chi connectivity index (χ1) is 12.7. The third-order valence-electron chi connectivity index (χ3n) is 4.00. The molecule has 27 heavy (non-hydrogen) atoms. The molecule has 1 atom stereocenters. The van der Waals surface area contributed by atoms with Crippen molar-refractivity contribution in [1.82, 2.24) is 10.0 Å². The Kier molecular flexibility index (Phi) is 6.70. The van der Waals surface area contributed by atoms with E-state index >= 15 is 0 Å². The fraction of sp³-hybridized carbons (Fsp3) is 0.263. The first kappa shape index (κ1) is 20.6. The van der Waals surface area contributed by atoms with E-state index in [9.17, 15) is 18.0 Å². The molecule has 2 aromatic rings. The van der Waals surface area contributed by atoms with E-state index in [1.54, 1.807) is 19.1 Å². The molecule has 0 heterocycles. The van der Waals surface area contributed by atoms with Crippen LogP contribution in [0.2, 0.25) is 0 Å². The summed E-state index contributed by atoms with van der Waals surface area (Å²) >= 11 is 0. The van der Waals surface area contributed by atoms with Gasteiger partial charge in [-0.2, -0.15) is 0 Å². The van der Waals surface area contributed by atoms with Crippen LogP contribution in [0, 0.1) is 6.92 Å². The number of amides is 2. The van der Waals surface area contributed by atoms with Gasteiger partial charge in [-0.3, -0.25) is 9.59 Å². The lowest BCUT2D eigenvalue weighted by Gasteiger charge is -2.18. The van der Waals surface area contributed by atoms with Crippen LogP contribution >= 0.6 is 0 Å². The third-order valence-corrected chi connectivity index (χ3v) is 5.56. The van der Waals surface area contributed by atoms with E-state index in [0.717, 1.165) is 5.56 Å². The number of hydrogen-bond donors (Lipinski definition) is 3. The Balaban J connectivity index is 2.18. The topological polar surface area (TPSA) is 104 Å². The van der Waals surface area contributed by atoms with Crippen LogP contribution in [0.25, 0.3) is 0 Å². The lowest BCUT2D eigenvalue weighted by atomic mass is 10.0. The molecule has 0 bridgehead atoms. The lowest BCUT2D eigenvalue weighted by molar-refractivity contribution is -0.120. The normalized spacial score (nSPS) is 12.3. The molecule has 3 N–H and O–H groups in total. The number of anilines is 1. The summed E-state index contributed by atoms with van der Waals surface area (Å²) in [5, 5.41) is 5.46. The highest BCUT2D eigenvalue weighted by Crippen LogP contribution is 2.22.